The number of rotatable bonds is 6. The van der Waals surface area contributed by atoms with Gasteiger partial charge in [-0.25, -0.2) is 9.37 Å². The molecule has 1 amide bonds. The van der Waals surface area contributed by atoms with Crippen LogP contribution in [0.1, 0.15) is 30.7 Å². The van der Waals surface area contributed by atoms with Crippen molar-refractivity contribution in [3.63, 3.8) is 0 Å². The Kier molecular flexibility index (Phi) is 7.44. The van der Waals surface area contributed by atoms with Crippen molar-refractivity contribution < 1.29 is 19.0 Å². The summed E-state index contributed by atoms with van der Waals surface area (Å²) >= 11 is 0. The number of aromatic nitrogens is 2. The van der Waals surface area contributed by atoms with E-state index in [1.807, 2.05) is 23.1 Å². The van der Waals surface area contributed by atoms with E-state index in [-0.39, 0.29) is 35.9 Å². The maximum absolute atomic E-state index is 13.5. The molecule has 5 rings (SSSR count). The summed E-state index contributed by atoms with van der Waals surface area (Å²) in [7, 11) is 0. The van der Waals surface area contributed by atoms with Gasteiger partial charge in [0, 0.05) is 31.5 Å². The molecule has 2 aliphatic heterocycles. The fourth-order valence-electron chi connectivity index (χ4n) is 5.36. The number of carbonyl (C=O) groups excluding carboxylic acids is 1. The maximum Gasteiger partial charge on any atom is 0.280 e. The van der Waals surface area contributed by atoms with Crippen molar-refractivity contribution >= 4 is 11.6 Å². The summed E-state index contributed by atoms with van der Waals surface area (Å²) in [4.78, 5) is 32.4. The number of nitrogens with one attached hydrogen (secondary N) is 1. The molecule has 9 nitrogen and oxygen atoms in total. The number of hydrogen-bond donors (Lipinski definition) is 3. The predicted octanol–water partition coefficient (Wildman–Crippen LogP) is 2.50. The number of carbonyl (C=O) groups is 1. The van der Waals surface area contributed by atoms with Crippen LogP contribution in [0.2, 0.25) is 0 Å². The van der Waals surface area contributed by atoms with Crippen LogP contribution in [0.15, 0.2) is 65.7 Å². The molecule has 4 N–H and O–H groups in total. The molecule has 0 aliphatic carbocycles. The lowest BCUT2D eigenvalue weighted by atomic mass is 9.80. The van der Waals surface area contributed by atoms with Crippen LogP contribution in [-0.4, -0.2) is 57.2 Å². The lowest BCUT2D eigenvalue weighted by molar-refractivity contribution is -0.141. The molecule has 2 aromatic carbocycles. The molecule has 3 aromatic rings. The molecule has 0 radical (unpaired) electrons. The Hall–Kier alpha value is -3.76. The van der Waals surface area contributed by atoms with Gasteiger partial charge in [-0.05, 0) is 55.6 Å². The molecule has 200 valence electrons. The first kappa shape index (κ1) is 25.9. The Morgan fingerprint density at radius 2 is 1.87 bits per heavy atom. The second-order valence-corrected chi connectivity index (χ2v) is 10.1. The first-order chi connectivity index (χ1) is 18.3. The number of nitrogens with zero attached hydrogens (tertiary/aromatic N) is 3. The Morgan fingerprint density at radius 1 is 1.16 bits per heavy atom. The van der Waals surface area contributed by atoms with Gasteiger partial charge >= 0.3 is 0 Å². The fraction of sp³-hybridized carbons (Fsp3) is 0.393. The molecule has 10 heteroatoms. The van der Waals surface area contributed by atoms with Crippen LogP contribution in [0.4, 0.5) is 10.1 Å². The van der Waals surface area contributed by atoms with Crippen molar-refractivity contribution in [1.29, 1.82) is 0 Å². The van der Waals surface area contributed by atoms with Gasteiger partial charge in [0.1, 0.15) is 17.9 Å². The van der Waals surface area contributed by atoms with Crippen molar-refractivity contribution in [2.75, 3.05) is 31.9 Å². The van der Waals surface area contributed by atoms with Crippen LogP contribution in [0, 0.1) is 11.7 Å². The van der Waals surface area contributed by atoms with Crippen molar-refractivity contribution in [2.24, 2.45) is 5.92 Å². The standard InChI is InChI=1S/C28H32FN5O4/c29-20-6-8-21(9-7-20)38-25-24(30)27(36)34(18-32-25)17-28(37)11-14-33(15-12-28)26(35)22-10-13-31-16-23(22)19-4-2-1-3-5-19/h1-9,18,22-23,31,37H,10-17,30H2/t22-,23+/m1/s1. The number of hydrogen-bond acceptors (Lipinski definition) is 7. The Balaban J connectivity index is 1.23. The second kappa shape index (κ2) is 10.9. The molecule has 2 atom stereocenters. The number of piperidine rings is 2. The van der Waals surface area contributed by atoms with Crippen LogP contribution in [-0.2, 0) is 11.3 Å². The van der Waals surface area contributed by atoms with Gasteiger partial charge in [-0.2, -0.15) is 0 Å². The van der Waals surface area contributed by atoms with E-state index in [1.165, 1.54) is 35.2 Å². The van der Waals surface area contributed by atoms with Gasteiger partial charge in [0.2, 0.25) is 11.8 Å². The van der Waals surface area contributed by atoms with Crippen LogP contribution < -0.4 is 21.3 Å². The molecule has 2 fully saturated rings. The zero-order valence-electron chi connectivity index (χ0n) is 21.1. The van der Waals surface area contributed by atoms with E-state index < -0.39 is 17.0 Å². The third-order valence-electron chi connectivity index (χ3n) is 7.56. The molecule has 0 spiro atoms. The number of amides is 1. The Morgan fingerprint density at radius 3 is 2.58 bits per heavy atom. The van der Waals surface area contributed by atoms with Crippen molar-refractivity contribution in [3.8, 4) is 11.6 Å². The molecule has 2 saturated heterocycles. The lowest BCUT2D eigenvalue weighted by Gasteiger charge is -2.41. The summed E-state index contributed by atoms with van der Waals surface area (Å²) in [6.45, 7) is 2.38. The minimum atomic E-state index is -1.18. The number of halogens is 1. The van der Waals surface area contributed by atoms with Crippen LogP contribution in [0.25, 0.3) is 0 Å². The zero-order chi connectivity index (χ0) is 26.7. The molecule has 0 unspecified atom stereocenters. The van der Waals surface area contributed by atoms with Crippen molar-refractivity contribution in [1.82, 2.24) is 19.8 Å². The quantitative estimate of drug-likeness (QED) is 0.456. The zero-order valence-corrected chi connectivity index (χ0v) is 21.1. The predicted molar refractivity (Wildman–Crippen MR) is 140 cm³/mol. The second-order valence-electron chi connectivity index (χ2n) is 10.1. The van der Waals surface area contributed by atoms with Crippen molar-refractivity contribution in [2.45, 2.75) is 37.3 Å². The van der Waals surface area contributed by atoms with E-state index >= 15 is 0 Å². The molecule has 38 heavy (non-hydrogen) atoms. The number of ether oxygens (including phenoxy) is 1. The number of aliphatic hydroxyl groups is 1. The van der Waals surface area contributed by atoms with E-state index in [0.717, 1.165) is 25.1 Å². The first-order valence-corrected chi connectivity index (χ1v) is 12.9. The van der Waals surface area contributed by atoms with Gasteiger partial charge in [-0.15, -0.1) is 0 Å². The lowest BCUT2D eigenvalue weighted by Crippen LogP contribution is -2.52. The summed E-state index contributed by atoms with van der Waals surface area (Å²) in [6.07, 6.45) is 2.72. The van der Waals surface area contributed by atoms with Gasteiger partial charge < -0.3 is 25.8 Å². The molecular weight excluding hydrogens is 489 g/mol. The summed E-state index contributed by atoms with van der Waals surface area (Å²) in [6, 6.07) is 15.4. The van der Waals surface area contributed by atoms with Crippen molar-refractivity contribution in [3.05, 3.63) is 82.7 Å². The Labute approximate surface area is 220 Å². The normalized spacial score (nSPS) is 21.2. The topological polar surface area (TPSA) is 123 Å². The number of nitrogen functional groups attached to an aromatic ring is 1. The van der Waals surface area contributed by atoms with E-state index in [0.29, 0.717) is 31.7 Å². The average molecular weight is 522 g/mol. The first-order valence-electron chi connectivity index (χ1n) is 12.9. The molecular formula is C28H32FN5O4. The molecule has 3 heterocycles. The van der Waals surface area contributed by atoms with E-state index in [1.54, 1.807) is 0 Å². The molecule has 0 saturated carbocycles. The van der Waals surface area contributed by atoms with Gasteiger partial charge in [0.05, 0.1) is 12.1 Å². The fourth-order valence-corrected chi connectivity index (χ4v) is 5.36. The third kappa shape index (κ3) is 5.56. The molecule has 1 aromatic heterocycles. The van der Waals surface area contributed by atoms with Crippen LogP contribution in [0.5, 0.6) is 11.6 Å². The Bertz CT molecular complexity index is 1320. The van der Waals surface area contributed by atoms with Gasteiger partial charge in [-0.1, -0.05) is 30.3 Å². The van der Waals surface area contributed by atoms with Gasteiger partial charge in [-0.3, -0.25) is 14.2 Å². The number of anilines is 1. The van der Waals surface area contributed by atoms with E-state index in [4.69, 9.17) is 10.5 Å². The van der Waals surface area contributed by atoms with Gasteiger partial charge in [0.25, 0.3) is 5.56 Å². The van der Waals surface area contributed by atoms with E-state index in [9.17, 15) is 19.1 Å². The SMILES string of the molecule is Nc1c(Oc2ccc(F)cc2)ncn(CC2(O)CCN(C(=O)[C@@H]3CCNC[C@H]3c3ccccc3)CC2)c1=O. The highest BCUT2D eigenvalue weighted by Crippen LogP contribution is 2.33. The maximum atomic E-state index is 13.5. The summed E-state index contributed by atoms with van der Waals surface area (Å²) in [5.74, 6) is -0.0808. The summed E-state index contributed by atoms with van der Waals surface area (Å²) < 4.78 is 19.9. The number of benzene rings is 2. The minimum absolute atomic E-state index is 0.00187. The summed E-state index contributed by atoms with van der Waals surface area (Å²) in [5.41, 5.74) is 5.22. The van der Waals surface area contributed by atoms with Gasteiger partial charge in [0.15, 0.2) is 5.69 Å². The smallest absolute Gasteiger partial charge is 0.280 e. The highest BCUT2D eigenvalue weighted by atomic mass is 19.1. The number of nitrogens with two attached hydrogens (primary N) is 1. The van der Waals surface area contributed by atoms with Crippen LogP contribution in [0.3, 0.4) is 0 Å². The minimum Gasteiger partial charge on any atom is -0.437 e. The van der Waals surface area contributed by atoms with E-state index in [2.05, 4.69) is 22.4 Å². The monoisotopic (exact) mass is 521 g/mol. The summed E-state index contributed by atoms with van der Waals surface area (Å²) in [5, 5.41) is 14.7. The molecule has 2 aliphatic rings. The average Bonchev–Trinajstić information content (AvgIpc) is 2.94. The largest absolute Gasteiger partial charge is 0.437 e. The molecule has 0 bridgehead atoms. The van der Waals surface area contributed by atoms with Crippen LogP contribution >= 0.6 is 0 Å². The highest BCUT2D eigenvalue weighted by molar-refractivity contribution is 5.80. The number of likely N-dealkylation sites (tertiary alicyclic amines) is 1. The highest BCUT2D eigenvalue weighted by Gasteiger charge is 2.39. The third-order valence-corrected chi connectivity index (χ3v) is 7.56.